The van der Waals surface area contributed by atoms with E-state index in [0.29, 0.717) is 9.20 Å². The van der Waals surface area contributed by atoms with Gasteiger partial charge in [0.05, 0.1) is 0 Å². The Bertz CT molecular complexity index is 77.7. The molecule has 0 amide bonds. The largest absolute Gasteiger partial charge is 0.355 e. The van der Waals surface area contributed by atoms with E-state index in [-0.39, 0.29) is 17.6 Å². The van der Waals surface area contributed by atoms with Crippen LogP contribution in [0.4, 0.5) is 0 Å². The summed E-state index contributed by atoms with van der Waals surface area (Å²) < 4.78 is 0. The average Bonchev–Trinajstić information content (AvgIpc) is 1.81. The Balaban J connectivity index is 3.73. The summed E-state index contributed by atoms with van der Waals surface area (Å²) in [5.74, 6) is 0. The number of hydrogen-bond acceptors (Lipinski definition) is 1. The van der Waals surface area contributed by atoms with Crippen molar-refractivity contribution in [2.45, 2.75) is 31.0 Å². The third-order valence-corrected chi connectivity index (χ3v) is 15.0. The molecule has 0 unspecified atom stereocenters. The van der Waals surface area contributed by atoms with Gasteiger partial charge in [-0.05, 0) is 0 Å². The molecular weight excluding hydrogens is 186 g/mol. The molecule has 0 spiro atoms. The summed E-state index contributed by atoms with van der Waals surface area (Å²) in [7, 11) is 1.66. The van der Waals surface area contributed by atoms with Crippen molar-refractivity contribution in [3.63, 3.8) is 0 Å². The van der Waals surface area contributed by atoms with Crippen LogP contribution < -0.4 is 5.40 Å². The summed E-state index contributed by atoms with van der Waals surface area (Å²) in [5.41, 5.74) is 0. The number of rotatable bonds is 4. The van der Waals surface area contributed by atoms with Crippen molar-refractivity contribution in [3.05, 3.63) is 0 Å². The maximum atomic E-state index is 5.58. The summed E-state index contributed by atoms with van der Waals surface area (Å²) >= 11 is 0. The zero-order valence-corrected chi connectivity index (χ0v) is 11.2. The maximum absolute atomic E-state index is 5.58. The molecule has 0 rings (SSSR count). The minimum atomic E-state index is -0.0506. The zero-order chi connectivity index (χ0) is 8.15. The highest BCUT2D eigenvalue weighted by Crippen LogP contribution is 2.11. The van der Waals surface area contributed by atoms with Crippen LogP contribution in [0.2, 0.25) is 31.0 Å². The second-order valence-electron chi connectivity index (χ2n) is 2.88. The SMILES string of the molecule is C[Si](C)C([Si][Si]N)[Si](C)C. The molecule has 0 atom stereocenters. The monoisotopic (exact) mass is 201 g/mol. The predicted molar refractivity (Wildman–Crippen MR) is 54.4 cm³/mol. The van der Waals surface area contributed by atoms with E-state index in [1.807, 2.05) is 0 Å². The Morgan fingerprint density at radius 2 is 1.50 bits per heavy atom. The Morgan fingerprint density at radius 3 is 1.60 bits per heavy atom. The lowest BCUT2D eigenvalue weighted by Crippen LogP contribution is -2.35. The first kappa shape index (κ1) is 10.8. The Hall–Kier alpha value is 0.828. The van der Waals surface area contributed by atoms with Crippen molar-refractivity contribution >= 4 is 35.8 Å². The molecule has 0 fully saturated rings. The van der Waals surface area contributed by atoms with Crippen molar-refractivity contribution in [2.75, 3.05) is 0 Å². The van der Waals surface area contributed by atoms with Crippen LogP contribution >= 0.6 is 0 Å². The predicted octanol–water partition coefficient (Wildman–Crippen LogP) is 0.559. The van der Waals surface area contributed by atoms with Crippen LogP contribution in [0.15, 0.2) is 0 Å². The van der Waals surface area contributed by atoms with Gasteiger partial charge in [-0.15, -0.1) is 0 Å². The second-order valence-corrected chi connectivity index (χ2v) is 13.0. The molecule has 0 saturated heterocycles. The zero-order valence-electron chi connectivity index (χ0n) is 7.15. The van der Waals surface area contributed by atoms with E-state index < -0.39 is 0 Å². The van der Waals surface area contributed by atoms with Gasteiger partial charge in [-0.3, -0.25) is 0 Å². The summed E-state index contributed by atoms with van der Waals surface area (Å²) in [5, 5.41) is 5.58. The molecule has 0 heterocycles. The molecule has 0 aliphatic carbocycles. The lowest BCUT2D eigenvalue weighted by Gasteiger charge is -2.20. The molecule has 0 aromatic rings. The van der Waals surface area contributed by atoms with Crippen LogP contribution in [-0.2, 0) is 0 Å². The van der Waals surface area contributed by atoms with Crippen LogP contribution in [0.1, 0.15) is 0 Å². The molecule has 0 aromatic heterocycles. The lowest BCUT2D eigenvalue weighted by atomic mass is 11.7. The second kappa shape index (κ2) is 5.47. The minimum absolute atomic E-state index is 0.0506. The molecule has 56 valence electrons. The maximum Gasteiger partial charge on any atom is 0.114 e. The minimum Gasteiger partial charge on any atom is -0.355 e. The van der Waals surface area contributed by atoms with Crippen molar-refractivity contribution in [2.24, 2.45) is 5.40 Å². The van der Waals surface area contributed by atoms with Gasteiger partial charge in [-0.1, -0.05) is 31.0 Å². The van der Waals surface area contributed by atoms with E-state index in [0.717, 1.165) is 13.8 Å². The lowest BCUT2D eigenvalue weighted by molar-refractivity contribution is 1.59. The fourth-order valence-electron chi connectivity index (χ4n) is 0.949. The standard InChI is InChI=1S/C5H15NSi4/c1-9(2)5(7-8-6)10(3)4/h5H,6H2,1-4H3. The van der Waals surface area contributed by atoms with Crippen LogP contribution in [-0.4, -0.2) is 35.8 Å². The average molecular weight is 202 g/mol. The quantitative estimate of drug-likeness (QED) is 0.661. The van der Waals surface area contributed by atoms with Crippen molar-refractivity contribution in [1.82, 2.24) is 0 Å². The van der Waals surface area contributed by atoms with Crippen LogP contribution in [0, 0.1) is 0 Å². The van der Waals surface area contributed by atoms with Crippen molar-refractivity contribution in [3.8, 4) is 0 Å². The van der Waals surface area contributed by atoms with Gasteiger partial charge in [-0.2, -0.15) is 0 Å². The van der Waals surface area contributed by atoms with Gasteiger partial charge < -0.3 is 5.40 Å². The van der Waals surface area contributed by atoms with Gasteiger partial charge in [0.25, 0.3) is 0 Å². The summed E-state index contributed by atoms with van der Waals surface area (Å²) in [6.07, 6.45) is 0. The molecular formula is C5H15NSi4. The Morgan fingerprint density at radius 1 is 1.10 bits per heavy atom. The van der Waals surface area contributed by atoms with E-state index in [1.54, 1.807) is 0 Å². The molecule has 0 aromatic carbocycles. The molecule has 0 saturated carbocycles. The summed E-state index contributed by atoms with van der Waals surface area (Å²) in [4.78, 5) is 1.05. The molecule has 6 radical (unpaired) electrons. The summed E-state index contributed by atoms with van der Waals surface area (Å²) in [6.45, 7) is 9.67. The molecule has 5 heteroatoms. The third kappa shape index (κ3) is 3.87. The van der Waals surface area contributed by atoms with Gasteiger partial charge in [0.2, 0.25) is 0 Å². The van der Waals surface area contributed by atoms with Crippen LogP contribution in [0.5, 0.6) is 0 Å². The highest BCUT2D eigenvalue weighted by Gasteiger charge is 2.19. The van der Waals surface area contributed by atoms with E-state index in [1.165, 1.54) is 0 Å². The first-order chi connectivity index (χ1) is 4.59. The van der Waals surface area contributed by atoms with Crippen molar-refractivity contribution < 1.29 is 0 Å². The summed E-state index contributed by atoms with van der Waals surface area (Å²) in [6, 6.07) is 0. The fraction of sp³-hybridized carbons (Fsp3) is 1.00. The number of hydrogen-bond donors (Lipinski definition) is 1. The first-order valence-corrected chi connectivity index (χ1v) is 11.7. The normalized spacial score (nSPS) is 12.0. The highest BCUT2D eigenvalue weighted by atomic mass is 29.2. The van der Waals surface area contributed by atoms with E-state index in [4.69, 9.17) is 5.40 Å². The fourth-order valence-corrected chi connectivity index (χ4v) is 15.2. The molecule has 0 aliphatic heterocycles. The van der Waals surface area contributed by atoms with Crippen LogP contribution in [0.25, 0.3) is 0 Å². The van der Waals surface area contributed by atoms with Gasteiger partial charge in [-0.25, -0.2) is 0 Å². The molecule has 0 bridgehead atoms. The molecule has 0 aliphatic rings. The molecule has 10 heavy (non-hydrogen) atoms. The molecule has 1 nitrogen and oxygen atoms in total. The van der Waals surface area contributed by atoms with Gasteiger partial charge in [0.15, 0.2) is 0 Å². The van der Waals surface area contributed by atoms with Gasteiger partial charge in [0, 0.05) is 26.6 Å². The Kier molecular flexibility index (Phi) is 5.93. The smallest absolute Gasteiger partial charge is 0.114 e. The highest BCUT2D eigenvalue weighted by molar-refractivity contribution is 7.10. The molecule has 2 N–H and O–H groups in total. The first-order valence-electron chi connectivity index (χ1n) is 3.40. The Labute approximate surface area is 72.5 Å². The van der Waals surface area contributed by atoms with Crippen LogP contribution in [0.3, 0.4) is 0 Å². The third-order valence-electron chi connectivity index (χ3n) is 1.38. The number of nitrogens with two attached hydrogens (primary N) is 1. The van der Waals surface area contributed by atoms with Gasteiger partial charge in [0.1, 0.15) is 9.20 Å². The van der Waals surface area contributed by atoms with E-state index in [2.05, 4.69) is 26.2 Å². The van der Waals surface area contributed by atoms with E-state index in [9.17, 15) is 0 Å². The van der Waals surface area contributed by atoms with Gasteiger partial charge >= 0.3 is 0 Å². The van der Waals surface area contributed by atoms with Crippen molar-refractivity contribution in [1.29, 1.82) is 0 Å². The van der Waals surface area contributed by atoms with E-state index >= 15 is 0 Å². The topological polar surface area (TPSA) is 26.0 Å².